The predicted molar refractivity (Wildman–Crippen MR) is 73.0 cm³/mol. The van der Waals surface area contributed by atoms with Gasteiger partial charge in [-0.3, -0.25) is 0 Å². The Morgan fingerprint density at radius 2 is 2.24 bits per heavy atom. The molecule has 90 valence electrons. The second-order valence-electron chi connectivity index (χ2n) is 3.67. The molecule has 0 unspecified atom stereocenters. The van der Waals surface area contributed by atoms with E-state index in [0.29, 0.717) is 0 Å². The van der Waals surface area contributed by atoms with Crippen molar-refractivity contribution in [3.63, 3.8) is 0 Å². The lowest BCUT2D eigenvalue weighted by Crippen LogP contribution is -1.91. The first-order valence-electron chi connectivity index (χ1n) is 5.59. The Bertz CT molecular complexity index is 508. The molecule has 0 amide bonds. The minimum absolute atomic E-state index is 0.916. The normalized spacial score (nSPS) is 10.3. The first kappa shape index (κ1) is 11.9. The lowest BCUT2D eigenvalue weighted by molar-refractivity contribution is 0.410. The molecule has 17 heavy (non-hydrogen) atoms. The van der Waals surface area contributed by atoms with Crippen molar-refractivity contribution < 1.29 is 4.74 Å². The highest BCUT2D eigenvalue weighted by atomic mass is 32.1. The third kappa shape index (κ3) is 2.42. The third-order valence-corrected chi connectivity index (χ3v) is 3.56. The van der Waals surface area contributed by atoms with E-state index in [1.54, 1.807) is 18.4 Å². The predicted octanol–water partition coefficient (Wildman–Crippen LogP) is 3.42. The maximum Gasteiger partial charge on any atom is 0.137 e. The Morgan fingerprint density at radius 3 is 2.82 bits per heavy atom. The molecule has 0 saturated carbocycles. The van der Waals surface area contributed by atoms with Gasteiger partial charge in [0.15, 0.2) is 0 Å². The Morgan fingerprint density at radius 1 is 1.41 bits per heavy atom. The van der Waals surface area contributed by atoms with E-state index in [-0.39, 0.29) is 0 Å². The SMILES string of the molecule is CCc1cc(-c2nc(NC)cs2)ccc1OC. The van der Waals surface area contributed by atoms with Crippen LogP contribution in [0.2, 0.25) is 0 Å². The monoisotopic (exact) mass is 248 g/mol. The molecule has 4 heteroatoms. The van der Waals surface area contributed by atoms with Gasteiger partial charge in [0.2, 0.25) is 0 Å². The third-order valence-electron chi connectivity index (χ3n) is 2.67. The summed E-state index contributed by atoms with van der Waals surface area (Å²) in [5, 5.41) is 6.10. The van der Waals surface area contributed by atoms with Crippen LogP contribution in [-0.2, 0) is 6.42 Å². The largest absolute Gasteiger partial charge is 0.496 e. The van der Waals surface area contributed by atoms with Crippen LogP contribution in [-0.4, -0.2) is 19.1 Å². The Kier molecular flexibility index (Phi) is 3.64. The summed E-state index contributed by atoms with van der Waals surface area (Å²) in [5.74, 6) is 1.86. The van der Waals surface area contributed by atoms with Gasteiger partial charge in [-0.25, -0.2) is 4.98 Å². The van der Waals surface area contributed by atoms with Gasteiger partial charge in [0.05, 0.1) is 7.11 Å². The van der Waals surface area contributed by atoms with Gasteiger partial charge in [0.1, 0.15) is 16.6 Å². The minimum atomic E-state index is 0.916. The second kappa shape index (κ2) is 5.19. The summed E-state index contributed by atoms with van der Waals surface area (Å²) in [6, 6.07) is 6.21. The summed E-state index contributed by atoms with van der Waals surface area (Å²) in [5.41, 5.74) is 2.36. The van der Waals surface area contributed by atoms with Crippen LogP contribution in [0.3, 0.4) is 0 Å². The summed E-state index contributed by atoms with van der Waals surface area (Å²) >= 11 is 1.65. The summed E-state index contributed by atoms with van der Waals surface area (Å²) in [7, 11) is 3.58. The maximum absolute atomic E-state index is 5.32. The van der Waals surface area contributed by atoms with Gasteiger partial charge in [-0.2, -0.15) is 0 Å². The minimum Gasteiger partial charge on any atom is -0.496 e. The molecule has 0 aliphatic rings. The average molecular weight is 248 g/mol. The molecule has 0 spiro atoms. The molecular formula is C13H16N2OS. The lowest BCUT2D eigenvalue weighted by atomic mass is 10.1. The number of thiazole rings is 1. The molecule has 0 aliphatic heterocycles. The van der Waals surface area contributed by atoms with E-state index in [1.165, 1.54) is 5.56 Å². The Labute approximate surface area is 105 Å². The molecule has 1 N–H and O–H groups in total. The topological polar surface area (TPSA) is 34.2 Å². The Hall–Kier alpha value is -1.55. The molecule has 1 aromatic carbocycles. The van der Waals surface area contributed by atoms with E-state index in [9.17, 15) is 0 Å². The van der Waals surface area contributed by atoms with Crippen LogP contribution in [0.5, 0.6) is 5.75 Å². The zero-order valence-electron chi connectivity index (χ0n) is 10.3. The number of hydrogen-bond donors (Lipinski definition) is 1. The van der Waals surface area contributed by atoms with Crippen molar-refractivity contribution >= 4 is 17.2 Å². The molecule has 0 fully saturated rings. The Balaban J connectivity index is 2.38. The first-order valence-corrected chi connectivity index (χ1v) is 6.47. The average Bonchev–Trinajstić information content (AvgIpc) is 2.86. The van der Waals surface area contributed by atoms with Crippen LogP contribution < -0.4 is 10.1 Å². The molecular weight excluding hydrogens is 232 g/mol. The van der Waals surface area contributed by atoms with Gasteiger partial charge in [-0.1, -0.05) is 6.92 Å². The number of nitrogens with one attached hydrogen (secondary N) is 1. The summed E-state index contributed by atoms with van der Waals surface area (Å²) in [6.45, 7) is 2.13. The van der Waals surface area contributed by atoms with E-state index in [0.717, 1.165) is 28.6 Å². The van der Waals surface area contributed by atoms with Gasteiger partial charge in [0, 0.05) is 18.0 Å². The van der Waals surface area contributed by atoms with Gasteiger partial charge in [-0.05, 0) is 30.2 Å². The molecule has 3 nitrogen and oxygen atoms in total. The standard InChI is InChI=1S/C13H16N2OS/c1-4-9-7-10(5-6-11(9)16-3)13-15-12(14-2)8-17-13/h5-8,14H,4H2,1-3H3. The van der Waals surface area contributed by atoms with Crippen molar-refractivity contribution in [3.8, 4) is 16.3 Å². The number of benzene rings is 1. The van der Waals surface area contributed by atoms with Crippen LogP contribution in [0.15, 0.2) is 23.6 Å². The number of rotatable bonds is 4. The van der Waals surface area contributed by atoms with Crippen molar-refractivity contribution in [2.45, 2.75) is 13.3 Å². The van der Waals surface area contributed by atoms with Crippen molar-refractivity contribution in [1.82, 2.24) is 4.98 Å². The van der Waals surface area contributed by atoms with Gasteiger partial charge >= 0.3 is 0 Å². The zero-order valence-corrected chi connectivity index (χ0v) is 11.1. The molecule has 0 bridgehead atoms. The number of aromatic nitrogens is 1. The van der Waals surface area contributed by atoms with Crippen molar-refractivity contribution in [2.24, 2.45) is 0 Å². The number of methoxy groups -OCH3 is 1. The fourth-order valence-electron chi connectivity index (χ4n) is 1.71. The highest BCUT2D eigenvalue weighted by molar-refractivity contribution is 7.13. The number of anilines is 1. The lowest BCUT2D eigenvalue weighted by Gasteiger charge is -2.07. The van der Waals surface area contributed by atoms with E-state index < -0.39 is 0 Å². The van der Waals surface area contributed by atoms with Crippen LogP contribution >= 0.6 is 11.3 Å². The van der Waals surface area contributed by atoms with Crippen molar-refractivity contribution in [3.05, 3.63) is 29.1 Å². The molecule has 0 aliphatic carbocycles. The van der Waals surface area contributed by atoms with Crippen molar-refractivity contribution in [1.29, 1.82) is 0 Å². The van der Waals surface area contributed by atoms with Crippen LogP contribution in [0.4, 0.5) is 5.82 Å². The number of aryl methyl sites for hydroxylation is 1. The molecule has 2 aromatic rings. The summed E-state index contributed by atoms with van der Waals surface area (Å²) < 4.78 is 5.32. The van der Waals surface area contributed by atoms with E-state index in [4.69, 9.17) is 4.74 Å². The number of hydrogen-bond acceptors (Lipinski definition) is 4. The van der Waals surface area contributed by atoms with Gasteiger partial charge < -0.3 is 10.1 Å². The second-order valence-corrected chi connectivity index (χ2v) is 4.53. The number of ether oxygens (including phenoxy) is 1. The summed E-state index contributed by atoms with van der Waals surface area (Å²) in [6.07, 6.45) is 0.960. The fourth-order valence-corrected chi connectivity index (χ4v) is 2.52. The molecule has 0 saturated heterocycles. The zero-order chi connectivity index (χ0) is 12.3. The fraction of sp³-hybridized carbons (Fsp3) is 0.308. The van der Waals surface area contributed by atoms with Crippen LogP contribution in [0, 0.1) is 0 Å². The molecule has 1 heterocycles. The molecule has 1 aromatic heterocycles. The van der Waals surface area contributed by atoms with E-state index >= 15 is 0 Å². The summed E-state index contributed by atoms with van der Waals surface area (Å²) in [4.78, 5) is 4.50. The number of nitrogens with zero attached hydrogens (tertiary/aromatic N) is 1. The van der Waals surface area contributed by atoms with Gasteiger partial charge in [0.25, 0.3) is 0 Å². The molecule has 0 atom stereocenters. The van der Waals surface area contributed by atoms with Crippen LogP contribution in [0.1, 0.15) is 12.5 Å². The van der Waals surface area contributed by atoms with E-state index in [2.05, 4.69) is 29.4 Å². The highest BCUT2D eigenvalue weighted by Gasteiger charge is 2.07. The maximum atomic E-state index is 5.32. The first-order chi connectivity index (χ1) is 8.28. The smallest absolute Gasteiger partial charge is 0.137 e. The quantitative estimate of drug-likeness (QED) is 0.900. The van der Waals surface area contributed by atoms with Crippen molar-refractivity contribution in [2.75, 3.05) is 19.5 Å². The van der Waals surface area contributed by atoms with Crippen LogP contribution in [0.25, 0.3) is 10.6 Å². The highest BCUT2D eigenvalue weighted by Crippen LogP contribution is 2.30. The molecule has 2 rings (SSSR count). The molecule has 0 radical (unpaired) electrons. The van der Waals surface area contributed by atoms with Gasteiger partial charge in [-0.15, -0.1) is 11.3 Å². The van der Waals surface area contributed by atoms with E-state index in [1.807, 2.05) is 18.5 Å².